The molecule has 1 fully saturated rings. The average Bonchev–Trinajstić information content (AvgIpc) is 3.00. The number of hydrogen-bond donors (Lipinski definition) is 1. The Hall–Kier alpha value is -3.56. The van der Waals surface area contributed by atoms with Crippen molar-refractivity contribution in [2.24, 2.45) is 0 Å². The van der Waals surface area contributed by atoms with Gasteiger partial charge in [0.15, 0.2) is 10.9 Å². The zero-order chi connectivity index (χ0) is 25.7. The number of ether oxygens (including phenoxy) is 1. The van der Waals surface area contributed by atoms with Gasteiger partial charge in [-0.25, -0.2) is 0 Å². The lowest BCUT2D eigenvalue weighted by Crippen LogP contribution is -2.44. The molecule has 2 aliphatic rings. The van der Waals surface area contributed by atoms with Gasteiger partial charge in [0.05, 0.1) is 27.8 Å². The third-order valence-corrected chi connectivity index (χ3v) is 6.77. The number of nitriles is 1. The van der Waals surface area contributed by atoms with Gasteiger partial charge < -0.3 is 15.0 Å². The minimum absolute atomic E-state index is 0.0129. The number of benzene rings is 2. The molecule has 2 amide bonds. The number of thioether (sulfide) groups is 1. The number of hydrogen-bond acceptors (Lipinski definition) is 6. The molecule has 0 bridgehead atoms. The minimum atomic E-state index is -4.78. The first kappa shape index (κ1) is 24.6. The standard InChI is InChI=1S/C23H17F3N4O3S2/c1-22(2)20(32)29(13-5-4-12(10-27)15(8-13)23(24,25)26)21(34)30(22)14-6-7-16-18(9-14)35-11-17(33-16)19(31)28-3/h4-9,11H,1-3H3,(H,28,31). The van der Waals surface area contributed by atoms with Gasteiger partial charge in [0.25, 0.3) is 11.8 Å². The summed E-state index contributed by atoms with van der Waals surface area (Å²) in [7, 11) is 1.49. The maximum Gasteiger partial charge on any atom is 0.417 e. The highest BCUT2D eigenvalue weighted by Crippen LogP contribution is 2.43. The molecule has 0 saturated carbocycles. The smallest absolute Gasteiger partial charge is 0.417 e. The first-order chi connectivity index (χ1) is 16.4. The molecule has 35 heavy (non-hydrogen) atoms. The van der Waals surface area contributed by atoms with Crippen LogP contribution in [0.15, 0.2) is 52.5 Å². The molecule has 180 valence electrons. The van der Waals surface area contributed by atoms with E-state index in [9.17, 15) is 22.8 Å². The van der Waals surface area contributed by atoms with Crippen LogP contribution in [0.5, 0.6) is 5.75 Å². The SMILES string of the molecule is CNC(=O)C1=CSc2cc(N3C(=S)N(c4ccc(C#N)c(C(F)(F)F)c4)C(=O)C3(C)C)ccc2O1. The number of fused-ring (bicyclic) bond motifs is 1. The summed E-state index contributed by atoms with van der Waals surface area (Å²) in [5.74, 6) is -0.329. The van der Waals surface area contributed by atoms with Crippen molar-refractivity contribution in [2.75, 3.05) is 16.8 Å². The summed E-state index contributed by atoms with van der Waals surface area (Å²) in [6.07, 6.45) is -4.78. The molecule has 2 aromatic rings. The Bertz CT molecular complexity index is 1350. The van der Waals surface area contributed by atoms with Crippen molar-refractivity contribution < 1.29 is 27.5 Å². The highest BCUT2D eigenvalue weighted by molar-refractivity contribution is 8.02. The van der Waals surface area contributed by atoms with Crippen molar-refractivity contribution in [1.82, 2.24) is 5.32 Å². The molecule has 1 saturated heterocycles. The maximum absolute atomic E-state index is 13.5. The first-order valence-electron chi connectivity index (χ1n) is 10.1. The summed E-state index contributed by atoms with van der Waals surface area (Å²) in [6, 6.07) is 9.56. The molecule has 0 radical (unpaired) electrons. The van der Waals surface area contributed by atoms with Gasteiger partial charge in [-0.3, -0.25) is 14.5 Å². The summed E-state index contributed by atoms with van der Waals surface area (Å²) < 4.78 is 46.2. The molecule has 0 spiro atoms. The zero-order valence-corrected chi connectivity index (χ0v) is 20.2. The largest absolute Gasteiger partial charge is 0.450 e. The Balaban J connectivity index is 1.72. The third kappa shape index (κ3) is 4.11. The number of halogens is 3. The van der Waals surface area contributed by atoms with Crippen molar-refractivity contribution in [1.29, 1.82) is 5.26 Å². The Morgan fingerprint density at radius 1 is 1.20 bits per heavy atom. The fraction of sp³-hybridized carbons (Fsp3) is 0.217. The summed E-state index contributed by atoms with van der Waals surface area (Å²) in [5.41, 5.74) is -2.49. The Morgan fingerprint density at radius 2 is 1.89 bits per heavy atom. The molecule has 7 nitrogen and oxygen atoms in total. The normalized spacial score (nSPS) is 16.9. The first-order valence-corrected chi connectivity index (χ1v) is 11.4. The lowest BCUT2D eigenvalue weighted by Gasteiger charge is -2.30. The fourth-order valence-corrected chi connectivity index (χ4v) is 5.08. The second-order valence-corrected chi connectivity index (χ2v) is 9.35. The number of carbonyl (C=O) groups is 2. The molecule has 4 rings (SSSR count). The van der Waals surface area contributed by atoms with Crippen molar-refractivity contribution in [3.05, 3.63) is 58.7 Å². The van der Waals surface area contributed by atoms with E-state index in [1.807, 2.05) is 0 Å². The number of thiocarbonyl (C=S) groups is 1. The van der Waals surface area contributed by atoms with E-state index < -0.39 is 28.7 Å². The van der Waals surface area contributed by atoms with Crippen LogP contribution in [0.25, 0.3) is 0 Å². The Labute approximate surface area is 208 Å². The molecule has 2 heterocycles. The monoisotopic (exact) mass is 518 g/mol. The van der Waals surface area contributed by atoms with Crippen LogP contribution < -0.4 is 19.9 Å². The number of alkyl halides is 3. The van der Waals surface area contributed by atoms with E-state index in [0.29, 0.717) is 16.3 Å². The van der Waals surface area contributed by atoms with Crippen LogP contribution in [0.4, 0.5) is 24.5 Å². The predicted octanol–water partition coefficient (Wildman–Crippen LogP) is 4.57. The summed E-state index contributed by atoms with van der Waals surface area (Å²) in [5, 5.41) is 13.1. The van der Waals surface area contributed by atoms with E-state index in [0.717, 1.165) is 17.0 Å². The zero-order valence-electron chi connectivity index (χ0n) is 18.6. The van der Waals surface area contributed by atoms with Crippen LogP contribution in [0.1, 0.15) is 25.0 Å². The molecule has 0 atom stereocenters. The Morgan fingerprint density at radius 3 is 2.51 bits per heavy atom. The topological polar surface area (TPSA) is 85.7 Å². The number of likely N-dealkylation sites (N-methyl/N-ethyl adjacent to an activating group) is 1. The van der Waals surface area contributed by atoms with Gasteiger partial charge in [0.2, 0.25) is 0 Å². The molecule has 0 aliphatic carbocycles. The van der Waals surface area contributed by atoms with Gasteiger partial charge in [-0.1, -0.05) is 11.8 Å². The van der Waals surface area contributed by atoms with Gasteiger partial charge in [0.1, 0.15) is 11.3 Å². The fourth-order valence-electron chi connectivity index (χ4n) is 3.75. The predicted molar refractivity (Wildman–Crippen MR) is 128 cm³/mol. The summed E-state index contributed by atoms with van der Waals surface area (Å²) >= 11 is 6.80. The van der Waals surface area contributed by atoms with Crippen LogP contribution in [0.3, 0.4) is 0 Å². The van der Waals surface area contributed by atoms with Crippen molar-refractivity contribution >= 4 is 52.3 Å². The van der Waals surface area contributed by atoms with Crippen molar-refractivity contribution in [3.8, 4) is 11.8 Å². The number of anilines is 2. The number of carbonyl (C=O) groups excluding carboxylic acids is 2. The number of rotatable bonds is 3. The van der Waals surface area contributed by atoms with Gasteiger partial charge in [-0.2, -0.15) is 18.4 Å². The van der Waals surface area contributed by atoms with Gasteiger partial charge in [-0.05, 0) is 62.5 Å². The van der Waals surface area contributed by atoms with Gasteiger partial charge in [0, 0.05) is 18.1 Å². The summed E-state index contributed by atoms with van der Waals surface area (Å²) in [4.78, 5) is 28.4. The second-order valence-electron chi connectivity index (χ2n) is 8.07. The van der Waals surface area contributed by atoms with Crippen molar-refractivity contribution in [2.45, 2.75) is 30.5 Å². The van der Waals surface area contributed by atoms with Crippen LogP contribution in [0, 0.1) is 11.3 Å². The van der Waals surface area contributed by atoms with Crippen LogP contribution in [-0.4, -0.2) is 29.5 Å². The number of amides is 2. The van der Waals surface area contributed by atoms with E-state index in [-0.39, 0.29) is 22.5 Å². The van der Waals surface area contributed by atoms with E-state index in [2.05, 4.69) is 5.32 Å². The van der Waals surface area contributed by atoms with Crippen LogP contribution in [-0.2, 0) is 15.8 Å². The lowest BCUT2D eigenvalue weighted by atomic mass is 10.0. The number of nitrogens with one attached hydrogen (secondary N) is 1. The Kier molecular flexibility index (Phi) is 6.02. The van der Waals surface area contributed by atoms with Crippen LogP contribution >= 0.6 is 24.0 Å². The molecule has 12 heteroatoms. The molecular formula is C23H17F3N4O3S2. The third-order valence-electron chi connectivity index (χ3n) is 5.50. The number of nitrogens with zero attached hydrogens (tertiary/aromatic N) is 3. The molecule has 1 N–H and O–H groups in total. The highest BCUT2D eigenvalue weighted by Gasteiger charge is 2.51. The minimum Gasteiger partial charge on any atom is -0.450 e. The van der Waals surface area contributed by atoms with E-state index in [1.165, 1.54) is 30.9 Å². The molecule has 2 aromatic carbocycles. The van der Waals surface area contributed by atoms with Crippen molar-refractivity contribution in [3.63, 3.8) is 0 Å². The molecule has 0 unspecified atom stereocenters. The summed E-state index contributed by atoms with van der Waals surface area (Å²) in [6.45, 7) is 3.23. The van der Waals surface area contributed by atoms with E-state index in [4.69, 9.17) is 22.2 Å². The lowest BCUT2D eigenvalue weighted by molar-refractivity contribution is -0.137. The second kappa shape index (κ2) is 8.58. The molecular weight excluding hydrogens is 501 g/mol. The molecule has 2 aliphatic heterocycles. The van der Waals surface area contributed by atoms with Gasteiger partial charge in [-0.15, -0.1) is 0 Å². The van der Waals surface area contributed by atoms with Crippen LogP contribution in [0.2, 0.25) is 0 Å². The van der Waals surface area contributed by atoms with E-state index >= 15 is 0 Å². The molecule has 0 aromatic heterocycles. The highest BCUT2D eigenvalue weighted by atomic mass is 32.2. The van der Waals surface area contributed by atoms with Gasteiger partial charge >= 0.3 is 6.18 Å². The quantitative estimate of drug-likeness (QED) is 0.596. The van der Waals surface area contributed by atoms with E-state index in [1.54, 1.807) is 42.4 Å². The average molecular weight is 519 g/mol. The maximum atomic E-state index is 13.5.